The second-order valence-electron chi connectivity index (χ2n) is 8.50. The van der Waals surface area contributed by atoms with Gasteiger partial charge in [-0.25, -0.2) is 22.4 Å². The van der Waals surface area contributed by atoms with Gasteiger partial charge in [0.25, 0.3) is 0 Å². The van der Waals surface area contributed by atoms with Gasteiger partial charge < -0.3 is 9.88 Å². The number of benzene rings is 1. The van der Waals surface area contributed by atoms with Crippen LogP contribution in [-0.2, 0) is 27.8 Å². The van der Waals surface area contributed by atoms with E-state index in [1.165, 1.54) is 31.2 Å². The highest BCUT2D eigenvalue weighted by Crippen LogP contribution is 2.40. The average Bonchev–Trinajstić information content (AvgIpc) is 3.41. The number of hydrogen-bond donors (Lipinski definition) is 1. The molecule has 10 heteroatoms. The van der Waals surface area contributed by atoms with Gasteiger partial charge in [-0.05, 0) is 50.8 Å². The van der Waals surface area contributed by atoms with Crippen LogP contribution in [0.15, 0.2) is 35.4 Å². The molecule has 4 rings (SSSR count). The second kappa shape index (κ2) is 8.67. The van der Waals surface area contributed by atoms with Crippen molar-refractivity contribution in [1.29, 1.82) is 0 Å². The Balaban J connectivity index is 1.49. The SMILES string of the molecule is CCn1c(CCC(=O)Nc2ccnn2C(C)C2CC2)nc2cc(S(=O)(=O)N(C)C)ccc21. The van der Waals surface area contributed by atoms with Gasteiger partial charge in [0.05, 0.1) is 28.2 Å². The lowest BCUT2D eigenvalue weighted by Crippen LogP contribution is -2.22. The summed E-state index contributed by atoms with van der Waals surface area (Å²) in [6.45, 7) is 4.82. The third-order valence-corrected chi connectivity index (χ3v) is 7.91. The number of carbonyl (C=O) groups excluding carboxylic acids is 1. The van der Waals surface area contributed by atoms with Crippen molar-refractivity contribution in [3.05, 3.63) is 36.3 Å². The third-order valence-electron chi connectivity index (χ3n) is 6.10. The molecule has 1 aromatic carbocycles. The zero-order valence-corrected chi connectivity index (χ0v) is 19.8. The summed E-state index contributed by atoms with van der Waals surface area (Å²) in [5.74, 6) is 2.02. The number of rotatable bonds is 9. The summed E-state index contributed by atoms with van der Waals surface area (Å²) in [5.41, 5.74) is 1.47. The van der Waals surface area contributed by atoms with Crippen molar-refractivity contribution in [2.45, 2.75) is 57.0 Å². The highest BCUT2D eigenvalue weighted by molar-refractivity contribution is 7.89. The number of nitrogens with one attached hydrogen (secondary N) is 1. The van der Waals surface area contributed by atoms with E-state index in [1.54, 1.807) is 24.4 Å². The number of aryl methyl sites for hydroxylation is 2. The molecule has 1 unspecified atom stereocenters. The molecule has 3 aromatic rings. The molecule has 0 saturated heterocycles. The lowest BCUT2D eigenvalue weighted by molar-refractivity contribution is -0.116. The maximum atomic E-state index is 12.6. The molecule has 1 aliphatic carbocycles. The second-order valence-corrected chi connectivity index (χ2v) is 10.6. The van der Waals surface area contributed by atoms with Crippen LogP contribution < -0.4 is 5.32 Å². The number of imidazole rings is 1. The van der Waals surface area contributed by atoms with Crippen molar-refractivity contribution >= 4 is 32.8 Å². The summed E-state index contributed by atoms with van der Waals surface area (Å²) in [6.07, 6.45) is 4.86. The summed E-state index contributed by atoms with van der Waals surface area (Å²) in [4.78, 5) is 17.5. The van der Waals surface area contributed by atoms with Crippen molar-refractivity contribution < 1.29 is 13.2 Å². The van der Waals surface area contributed by atoms with Gasteiger partial charge in [-0.15, -0.1) is 0 Å². The fraction of sp³-hybridized carbons (Fsp3) is 0.500. The van der Waals surface area contributed by atoms with Crippen molar-refractivity contribution in [3.63, 3.8) is 0 Å². The van der Waals surface area contributed by atoms with Gasteiger partial charge >= 0.3 is 0 Å². The maximum absolute atomic E-state index is 12.6. The Morgan fingerprint density at radius 2 is 2.03 bits per heavy atom. The molecule has 0 radical (unpaired) electrons. The summed E-state index contributed by atoms with van der Waals surface area (Å²) in [6, 6.07) is 7.08. The van der Waals surface area contributed by atoms with Gasteiger partial charge in [-0.3, -0.25) is 4.79 Å². The molecule has 2 aromatic heterocycles. The molecule has 1 fully saturated rings. The summed E-state index contributed by atoms with van der Waals surface area (Å²) >= 11 is 0. The van der Waals surface area contributed by atoms with Crippen LogP contribution in [0.5, 0.6) is 0 Å². The van der Waals surface area contributed by atoms with Crippen molar-refractivity contribution in [2.75, 3.05) is 19.4 Å². The van der Waals surface area contributed by atoms with Gasteiger partial charge in [-0.2, -0.15) is 5.10 Å². The lowest BCUT2D eigenvalue weighted by atomic mass is 10.2. The minimum absolute atomic E-state index is 0.0969. The first-order chi connectivity index (χ1) is 15.2. The number of aromatic nitrogens is 4. The highest BCUT2D eigenvalue weighted by atomic mass is 32.2. The molecular weight excluding hydrogens is 428 g/mol. The van der Waals surface area contributed by atoms with E-state index in [4.69, 9.17) is 0 Å². The van der Waals surface area contributed by atoms with E-state index in [2.05, 4.69) is 22.3 Å². The zero-order valence-electron chi connectivity index (χ0n) is 18.9. The number of amides is 1. The van der Waals surface area contributed by atoms with Crippen LogP contribution in [0.2, 0.25) is 0 Å². The number of carbonyl (C=O) groups is 1. The minimum Gasteiger partial charge on any atom is -0.328 e. The van der Waals surface area contributed by atoms with E-state index >= 15 is 0 Å². The Kier molecular flexibility index (Phi) is 6.09. The Hall–Kier alpha value is -2.72. The number of fused-ring (bicyclic) bond motifs is 1. The minimum atomic E-state index is -3.53. The van der Waals surface area contributed by atoms with Crippen LogP contribution in [-0.4, -0.2) is 52.1 Å². The molecule has 1 saturated carbocycles. The standard InChI is InChI=1S/C22H30N6O3S/c1-5-27-19-9-8-17(32(30,31)26(3)4)14-18(19)24-20(27)10-11-22(29)25-21-12-13-23-28(21)15(2)16-6-7-16/h8-9,12-16H,5-7,10-11H2,1-4H3,(H,25,29). The molecular formula is C22H30N6O3S. The van der Waals surface area contributed by atoms with Gasteiger partial charge in [0, 0.05) is 39.5 Å². The smallest absolute Gasteiger partial charge is 0.242 e. The molecule has 32 heavy (non-hydrogen) atoms. The van der Waals surface area contributed by atoms with Gasteiger partial charge in [-0.1, -0.05) is 0 Å². The van der Waals surface area contributed by atoms with Crippen LogP contribution in [0, 0.1) is 5.92 Å². The molecule has 1 amide bonds. The van der Waals surface area contributed by atoms with Crippen LogP contribution in [0.25, 0.3) is 11.0 Å². The third kappa shape index (κ3) is 4.29. The molecule has 0 spiro atoms. The first-order valence-electron chi connectivity index (χ1n) is 11.0. The zero-order chi connectivity index (χ0) is 23.0. The van der Waals surface area contributed by atoms with E-state index in [0.717, 1.165) is 17.2 Å². The predicted octanol–water partition coefficient (Wildman–Crippen LogP) is 3.05. The van der Waals surface area contributed by atoms with Crippen molar-refractivity contribution in [2.24, 2.45) is 5.92 Å². The van der Waals surface area contributed by atoms with Gasteiger partial charge in [0.2, 0.25) is 15.9 Å². The van der Waals surface area contributed by atoms with Gasteiger partial charge in [0.1, 0.15) is 11.6 Å². The van der Waals surface area contributed by atoms with E-state index < -0.39 is 10.0 Å². The first-order valence-corrected chi connectivity index (χ1v) is 12.4. The summed E-state index contributed by atoms with van der Waals surface area (Å²) in [5, 5.41) is 7.35. The van der Waals surface area contributed by atoms with Crippen molar-refractivity contribution in [3.8, 4) is 0 Å². The number of nitrogens with zero attached hydrogens (tertiary/aromatic N) is 5. The number of sulfonamides is 1. The summed E-state index contributed by atoms with van der Waals surface area (Å²) in [7, 11) is -0.524. The summed E-state index contributed by atoms with van der Waals surface area (Å²) < 4.78 is 30.0. The van der Waals surface area contributed by atoms with E-state index in [-0.39, 0.29) is 23.3 Å². The molecule has 1 atom stereocenters. The molecule has 172 valence electrons. The molecule has 2 heterocycles. The average molecular weight is 459 g/mol. The molecule has 0 bridgehead atoms. The fourth-order valence-electron chi connectivity index (χ4n) is 4.02. The van der Waals surface area contributed by atoms with Crippen LogP contribution in [0.1, 0.15) is 45.0 Å². The van der Waals surface area contributed by atoms with E-state index in [0.29, 0.717) is 24.4 Å². The Morgan fingerprint density at radius 3 is 2.69 bits per heavy atom. The van der Waals surface area contributed by atoms with Crippen molar-refractivity contribution in [1.82, 2.24) is 23.6 Å². The number of hydrogen-bond acceptors (Lipinski definition) is 5. The first kappa shape index (κ1) is 22.5. The highest BCUT2D eigenvalue weighted by Gasteiger charge is 2.30. The topological polar surface area (TPSA) is 102 Å². The molecule has 1 aliphatic rings. The normalized spacial score (nSPS) is 15.4. The monoisotopic (exact) mass is 458 g/mol. The van der Waals surface area contributed by atoms with Gasteiger partial charge in [0.15, 0.2) is 0 Å². The van der Waals surface area contributed by atoms with Crippen LogP contribution in [0.3, 0.4) is 0 Å². The van der Waals surface area contributed by atoms with E-state index in [9.17, 15) is 13.2 Å². The lowest BCUT2D eigenvalue weighted by Gasteiger charge is -2.15. The Bertz CT molecular complexity index is 1240. The fourth-order valence-corrected chi connectivity index (χ4v) is 4.94. The quantitative estimate of drug-likeness (QED) is 0.531. The largest absolute Gasteiger partial charge is 0.328 e. The maximum Gasteiger partial charge on any atom is 0.242 e. The van der Waals surface area contributed by atoms with Crippen LogP contribution in [0.4, 0.5) is 5.82 Å². The molecule has 0 aliphatic heterocycles. The number of anilines is 1. The van der Waals surface area contributed by atoms with E-state index in [1.807, 2.05) is 22.2 Å². The molecule has 9 nitrogen and oxygen atoms in total. The molecule has 1 N–H and O–H groups in total. The van der Waals surface area contributed by atoms with Crippen LogP contribution >= 0.6 is 0 Å². The Morgan fingerprint density at radius 1 is 1.28 bits per heavy atom. The predicted molar refractivity (Wildman–Crippen MR) is 123 cm³/mol. The Labute approximate surface area is 188 Å².